The minimum atomic E-state index is -1.02. The van der Waals surface area contributed by atoms with Crippen LogP contribution in [0.2, 0.25) is 0 Å². The van der Waals surface area contributed by atoms with Crippen LogP contribution in [0.3, 0.4) is 0 Å². The number of rotatable bonds is 3. The molecular weight excluding hydrogens is 460 g/mol. The van der Waals surface area contributed by atoms with E-state index < -0.39 is 22.7 Å². The third-order valence-electron chi connectivity index (χ3n) is 11.1. The lowest BCUT2D eigenvalue weighted by atomic mass is 9.41. The molecule has 4 saturated carbocycles. The van der Waals surface area contributed by atoms with Gasteiger partial charge >= 0.3 is 5.63 Å². The van der Waals surface area contributed by atoms with Crippen LogP contribution in [-0.2, 0) is 4.74 Å². The molecule has 1 aliphatic heterocycles. The Hall–Kier alpha value is -1.74. The Morgan fingerprint density at radius 3 is 2.56 bits per heavy atom. The molecule has 3 N–H and O–H groups in total. The van der Waals surface area contributed by atoms with Gasteiger partial charge in [-0.05, 0) is 80.8 Å². The minimum absolute atomic E-state index is 0.0450. The maximum Gasteiger partial charge on any atom is 0.335 e. The molecule has 2 heterocycles. The van der Waals surface area contributed by atoms with Crippen LogP contribution in [-0.4, -0.2) is 70.2 Å². The Morgan fingerprint density at radius 1 is 1.03 bits per heavy atom. The molecule has 8 nitrogen and oxygen atoms in total. The number of fused-ring (bicyclic) bond motifs is 5. The summed E-state index contributed by atoms with van der Waals surface area (Å²) in [7, 11) is 0. The summed E-state index contributed by atoms with van der Waals surface area (Å²) in [5.74, 6) is 0.266. The second-order valence-electron chi connectivity index (χ2n) is 12.4. The van der Waals surface area contributed by atoms with Gasteiger partial charge in [-0.2, -0.15) is 5.10 Å². The van der Waals surface area contributed by atoms with Gasteiger partial charge in [-0.3, -0.25) is 5.01 Å². The maximum absolute atomic E-state index is 12.5. The van der Waals surface area contributed by atoms with Gasteiger partial charge in [0.25, 0.3) is 0 Å². The molecule has 6 rings (SSSR count). The third-order valence-corrected chi connectivity index (χ3v) is 11.1. The maximum atomic E-state index is 12.5. The Labute approximate surface area is 212 Å². The van der Waals surface area contributed by atoms with E-state index in [2.05, 4.69) is 6.92 Å². The van der Waals surface area contributed by atoms with Crippen molar-refractivity contribution < 1.29 is 24.5 Å². The van der Waals surface area contributed by atoms with Gasteiger partial charge in [0, 0.05) is 29.5 Å². The molecule has 0 amide bonds. The van der Waals surface area contributed by atoms with E-state index in [1.807, 2.05) is 17.3 Å². The highest BCUT2D eigenvalue weighted by Gasteiger charge is 2.70. The zero-order valence-electron chi connectivity index (χ0n) is 21.3. The first-order chi connectivity index (χ1) is 17.2. The fraction of sp³-hybridized carbons (Fsp3) is 0.786. The van der Waals surface area contributed by atoms with Crippen molar-refractivity contribution in [2.75, 3.05) is 26.3 Å². The van der Waals surface area contributed by atoms with E-state index in [9.17, 15) is 20.1 Å². The normalized spacial score (nSPS) is 46.8. The second-order valence-corrected chi connectivity index (χ2v) is 12.4. The standard InChI is InChI=1S/C28H40N2O6/c1-25-8-5-22-23(28(25,34)11-7-21(25)19-2-3-24(32)36-17-19)6-10-27(33)16-20(31)4-9-26(22,27)18-29-30-12-14-35-15-13-30/h2-3,17-18,20-23,31,33-34H,4-16H2,1H3. The summed E-state index contributed by atoms with van der Waals surface area (Å²) in [6.07, 6.45) is 9.36. The molecule has 4 aliphatic carbocycles. The quantitative estimate of drug-likeness (QED) is 0.547. The van der Waals surface area contributed by atoms with E-state index in [1.165, 1.54) is 6.07 Å². The van der Waals surface area contributed by atoms with Crippen molar-refractivity contribution in [2.24, 2.45) is 27.8 Å². The van der Waals surface area contributed by atoms with Crippen LogP contribution in [0.5, 0.6) is 0 Å². The molecular formula is C28H40N2O6. The first kappa shape index (κ1) is 24.6. The van der Waals surface area contributed by atoms with Crippen molar-refractivity contribution in [3.63, 3.8) is 0 Å². The number of hydrazone groups is 1. The van der Waals surface area contributed by atoms with Crippen LogP contribution >= 0.6 is 0 Å². The van der Waals surface area contributed by atoms with Crippen molar-refractivity contribution in [3.05, 3.63) is 34.4 Å². The highest BCUT2D eigenvalue weighted by Crippen LogP contribution is 2.71. The number of aliphatic hydroxyl groups is 3. The highest BCUT2D eigenvalue weighted by molar-refractivity contribution is 5.69. The largest absolute Gasteiger partial charge is 0.431 e. The lowest BCUT2D eigenvalue weighted by Crippen LogP contribution is -2.68. The lowest BCUT2D eigenvalue weighted by Gasteiger charge is -2.65. The summed E-state index contributed by atoms with van der Waals surface area (Å²) in [6.45, 7) is 4.99. The molecule has 0 bridgehead atoms. The van der Waals surface area contributed by atoms with Crippen LogP contribution in [0.1, 0.15) is 76.2 Å². The van der Waals surface area contributed by atoms with Crippen molar-refractivity contribution in [1.82, 2.24) is 5.01 Å². The first-order valence-electron chi connectivity index (χ1n) is 13.8. The summed E-state index contributed by atoms with van der Waals surface area (Å²) in [4.78, 5) is 11.6. The van der Waals surface area contributed by atoms with E-state index in [4.69, 9.17) is 14.3 Å². The van der Waals surface area contributed by atoms with E-state index in [0.29, 0.717) is 45.3 Å². The van der Waals surface area contributed by atoms with Crippen molar-refractivity contribution in [3.8, 4) is 0 Å². The molecule has 8 unspecified atom stereocenters. The number of nitrogens with zero attached hydrogens (tertiary/aromatic N) is 2. The molecule has 198 valence electrons. The Morgan fingerprint density at radius 2 is 1.81 bits per heavy atom. The average Bonchev–Trinajstić information content (AvgIpc) is 3.15. The number of aliphatic hydroxyl groups excluding tert-OH is 1. The number of ether oxygens (including phenoxy) is 1. The summed E-state index contributed by atoms with van der Waals surface area (Å²) in [5, 5.41) is 42.1. The van der Waals surface area contributed by atoms with Gasteiger partial charge in [0.2, 0.25) is 0 Å². The van der Waals surface area contributed by atoms with Crippen molar-refractivity contribution >= 4 is 6.21 Å². The predicted octanol–water partition coefficient (Wildman–Crippen LogP) is 2.65. The Balaban J connectivity index is 1.36. The smallest absolute Gasteiger partial charge is 0.335 e. The summed E-state index contributed by atoms with van der Waals surface area (Å²) in [6, 6.07) is 3.34. The van der Waals surface area contributed by atoms with Crippen molar-refractivity contribution in [1.29, 1.82) is 0 Å². The van der Waals surface area contributed by atoms with Crippen molar-refractivity contribution in [2.45, 2.75) is 87.9 Å². The second kappa shape index (κ2) is 8.65. The zero-order chi connectivity index (χ0) is 25.2. The van der Waals surface area contributed by atoms with Gasteiger partial charge in [-0.25, -0.2) is 4.79 Å². The Kier molecular flexibility index (Phi) is 5.91. The van der Waals surface area contributed by atoms with Crippen LogP contribution in [0.25, 0.3) is 0 Å². The van der Waals surface area contributed by atoms with Gasteiger partial charge < -0.3 is 24.5 Å². The van der Waals surface area contributed by atoms with Gasteiger partial charge in [-0.15, -0.1) is 0 Å². The van der Waals surface area contributed by atoms with Gasteiger partial charge in [0.05, 0.1) is 49.9 Å². The monoisotopic (exact) mass is 500 g/mol. The third kappa shape index (κ3) is 3.47. The number of hydrogen-bond donors (Lipinski definition) is 3. The summed E-state index contributed by atoms with van der Waals surface area (Å²) in [5.41, 5.74) is -2.15. The molecule has 5 fully saturated rings. The predicted molar refractivity (Wildman–Crippen MR) is 134 cm³/mol. The first-order valence-corrected chi connectivity index (χ1v) is 13.8. The van der Waals surface area contributed by atoms with Crippen LogP contribution in [0, 0.1) is 22.7 Å². The van der Waals surface area contributed by atoms with Gasteiger partial charge in [0.15, 0.2) is 0 Å². The molecule has 1 saturated heterocycles. The fourth-order valence-electron chi connectivity index (χ4n) is 9.13. The molecule has 0 spiro atoms. The van der Waals surface area contributed by atoms with Crippen LogP contribution < -0.4 is 5.63 Å². The molecule has 0 aromatic carbocycles. The number of morpholine rings is 1. The van der Waals surface area contributed by atoms with E-state index >= 15 is 0 Å². The van der Waals surface area contributed by atoms with E-state index in [1.54, 1.807) is 6.26 Å². The Bertz CT molecular complexity index is 1050. The molecule has 1 aromatic rings. The van der Waals surface area contributed by atoms with Crippen LogP contribution in [0.4, 0.5) is 0 Å². The molecule has 5 aliphatic rings. The number of hydrogen-bond acceptors (Lipinski definition) is 8. The van der Waals surface area contributed by atoms with Gasteiger partial charge in [0.1, 0.15) is 0 Å². The molecule has 0 radical (unpaired) electrons. The topological polar surface area (TPSA) is 116 Å². The summed E-state index contributed by atoms with van der Waals surface area (Å²) >= 11 is 0. The van der Waals surface area contributed by atoms with E-state index in [0.717, 1.165) is 44.3 Å². The lowest BCUT2D eigenvalue weighted by molar-refractivity contribution is -0.235. The molecule has 1 aromatic heterocycles. The SMILES string of the molecule is CC12CCC3C(CCC4(O)CC(O)CCC34C=NN3CCOCC3)C1(O)CCC2c1ccc(=O)oc1. The van der Waals surface area contributed by atoms with E-state index in [-0.39, 0.29) is 28.8 Å². The van der Waals surface area contributed by atoms with Gasteiger partial charge in [-0.1, -0.05) is 6.92 Å². The zero-order valence-corrected chi connectivity index (χ0v) is 21.3. The molecule has 8 heteroatoms. The molecule has 8 atom stereocenters. The fourth-order valence-corrected chi connectivity index (χ4v) is 9.13. The summed E-state index contributed by atoms with van der Waals surface area (Å²) < 4.78 is 10.7. The highest BCUT2D eigenvalue weighted by atomic mass is 16.5. The minimum Gasteiger partial charge on any atom is -0.431 e. The molecule has 36 heavy (non-hydrogen) atoms. The average molecular weight is 501 g/mol. The van der Waals surface area contributed by atoms with Crippen LogP contribution in [0.15, 0.2) is 32.7 Å².